The van der Waals surface area contributed by atoms with E-state index < -0.39 is 0 Å². The van der Waals surface area contributed by atoms with E-state index in [9.17, 15) is 0 Å². The van der Waals surface area contributed by atoms with Crippen LogP contribution in [0, 0.1) is 0 Å². The standard InChI is InChI=1S/C19H20N4/c1-2-19-5-3-4-10-23(19)13-8-18-6-11-21(12-7-18)15-16-22-14-9-20-17-22/h2-7,9-12,14-17H,1,8,13H2/q+2/b16-15+. The number of nitrogens with zero attached hydrogens (tertiary/aromatic N) is 4. The number of hydrogen-bond acceptors (Lipinski definition) is 1. The van der Waals surface area contributed by atoms with Gasteiger partial charge in [0.05, 0.1) is 12.5 Å². The van der Waals surface area contributed by atoms with Crippen molar-refractivity contribution in [1.82, 2.24) is 9.55 Å². The van der Waals surface area contributed by atoms with Crippen molar-refractivity contribution in [2.24, 2.45) is 0 Å². The fourth-order valence-electron chi connectivity index (χ4n) is 2.37. The Hall–Kier alpha value is -3.01. The summed E-state index contributed by atoms with van der Waals surface area (Å²) in [7, 11) is 0. The number of aromatic nitrogens is 4. The molecule has 0 unspecified atom stereocenters. The quantitative estimate of drug-likeness (QED) is 0.642. The van der Waals surface area contributed by atoms with E-state index in [0.29, 0.717) is 0 Å². The third-order valence-electron chi connectivity index (χ3n) is 3.68. The summed E-state index contributed by atoms with van der Waals surface area (Å²) in [6.45, 7) is 4.80. The lowest BCUT2D eigenvalue weighted by Crippen LogP contribution is -2.37. The van der Waals surface area contributed by atoms with Crippen molar-refractivity contribution in [2.75, 3.05) is 0 Å². The Balaban J connectivity index is 1.62. The molecule has 0 saturated heterocycles. The fraction of sp³-hybridized carbons (Fsp3) is 0.105. The minimum absolute atomic E-state index is 0.942. The maximum absolute atomic E-state index is 4.01. The van der Waals surface area contributed by atoms with Gasteiger partial charge in [0.25, 0.3) is 0 Å². The summed E-state index contributed by atoms with van der Waals surface area (Å²) in [4.78, 5) is 4.01. The minimum Gasteiger partial charge on any atom is -0.307 e. The fourth-order valence-corrected chi connectivity index (χ4v) is 2.37. The van der Waals surface area contributed by atoms with Crippen molar-refractivity contribution >= 4 is 18.5 Å². The summed E-state index contributed by atoms with van der Waals surface area (Å²) in [5.74, 6) is 0. The average Bonchev–Trinajstić information content (AvgIpc) is 3.13. The highest BCUT2D eigenvalue weighted by Gasteiger charge is 2.07. The zero-order valence-electron chi connectivity index (χ0n) is 13.0. The monoisotopic (exact) mass is 304 g/mol. The Morgan fingerprint density at radius 3 is 2.74 bits per heavy atom. The van der Waals surface area contributed by atoms with Gasteiger partial charge in [-0.05, 0) is 11.6 Å². The summed E-state index contributed by atoms with van der Waals surface area (Å²) in [6.07, 6.45) is 18.5. The maximum atomic E-state index is 4.01. The first kappa shape index (κ1) is 14.9. The molecule has 114 valence electrons. The van der Waals surface area contributed by atoms with Gasteiger partial charge in [0, 0.05) is 49.2 Å². The molecule has 4 nitrogen and oxygen atoms in total. The van der Waals surface area contributed by atoms with Gasteiger partial charge in [-0.2, -0.15) is 9.13 Å². The second-order valence-corrected chi connectivity index (χ2v) is 5.23. The summed E-state index contributed by atoms with van der Waals surface area (Å²) >= 11 is 0. The Morgan fingerprint density at radius 1 is 1.13 bits per heavy atom. The molecule has 0 saturated carbocycles. The van der Waals surface area contributed by atoms with Gasteiger partial charge in [0.1, 0.15) is 0 Å². The molecular formula is C19H20N4+2. The number of pyridine rings is 2. The van der Waals surface area contributed by atoms with E-state index in [4.69, 9.17) is 0 Å². The van der Waals surface area contributed by atoms with Gasteiger partial charge >= 0.3 is 0 Å². The summed E-state index contributed by atoms with van der Waals surface area (Å²) < 4.78 is 6.14. The molecule has 0 N–H and O–H groups in total. The number of hydrogen-bond donors (Lipinski definition) is 0. The van der Waals surface area contributed by atoms with Crippen molar-refractivity contribution in [3.63, 3.8) is 0 Å². The lowest BCUT2D eigenvalue weighted by molar-refractivity contribution is -0.698. The van der Waals surface area contributed by atoms with E-state index in [1.54, 1.807) is 12.5 Å². The van der Waals surface area contributed by atoms with E-state index in [-0.39, 0.29) is 0 Å². The van der Waals surface area contributed by atoms with Crippen LogP contribution in [0.15, 0.2) is 74.2 Å². The van der Waals surface area contributed by atoms with Crippen LogP contribution in [0.2, 0.25) is 0 Å². The van der Waals surface area contributed by atoms with Crippen LogP contribution in [0.1, 0.15) is 11.3 Å². The lowest BCUT2D eigenvalue weighted by Gasteiger charge is -2.00. The molecule has 0 atom stereocenters. The molecule has 3 aromatic rings. The molecule has 4 heteroatoms. The predicted molar refractivity (Wildman–Crippen MR) is 90.8 cm³/mol. The molecule has 0 bridgehead atoms. The van der Waals surface area contributed by atoms with Crippen LogP contribution in [0.4, 0.5) is 0 Å². The third kappa shape index (κ3) is 4.01. The smallest absolute Gasteiger partial charge is 0.204 e. The SMILES string of the molecule is C=Cc1cccc[n+]1CCc1cc[n+](/C=C/n2ccnc2)cc1. The van der Waals surface area contributed by atoms with Gasteiger partial charge in [-0.1, -0.05) is 6.58 Å². The largest absolute Gasteiger partial charge is 0.307 e. The van der Waals surface area contributed by atoms with Gasteiger partial charge in [-0.3, -0.25) is 0 Å². The molecule has 3 heterocycles. The zero-order valence-corrected chi connectivity index (χ0v) is 13.0. The second-order valence-electron chi connectivity index (χ2n) is 5.23. The van der Waals surface area contributed by atoms with Crippen molar-refractivity contribution in [3.05, 3.63) is 85.5 Å². The van der Waals surface area contributed by atoms with Crippen molar-refractivity contribution < 1.29 is 9.13 Å². The summed E-state index contributed by atoms with van der Waals surface area (Å²) in [6, 6.07) is 10.5. The van der Waals surface area contributed by atoms with Crippen molar-refractivity contribution in [3.8, 4) is 0 Å². The van der Waals surface area contributed by atoms with Crippen molar-refractivity contribution in [2.45, 2.75) is 13.0 Å². The molecule has 0 spiro atoms. The first-order chi connectivity index (χ1) is 11.3. The molecule has 3 rings (SSSR count). The maximum Gasteiger partial charge on any atom is 0.204 e. The molecular weight excluding hydrogens is 284 g/mol. The zero-order chi connectivity index (χ0) is 15.9. The number of aryl methyl sites for hydroxylation is 2. The van der Waals surface area contributed by atoms with Crippen LogP contribution in [0.5, 0.6) is 0 Å². The number of imidazole rings is 1. The van der Waals surface area contributed by atoms with Crippen molar-refractivity contribution in [1.29, 1.82) is 0 Å². The highest BCUT2D eigenvalue weighted by molar-refractivity contribution is 5.37. The average molecular weight is 304 g/mol. The first-order valence-corrected chi connectivity index (χ1v) is 7.61. The normalized spacial score (nSPS) is 11.0. The molecule has 0 aromatic carbocycles. The van der Waals surface area contributed by atoms with E-state index in [1.165, 1.54) is 5.56 Å². The molecule has 0 fully saturated rings. The Labute approximate surface area is 136 Å². The van der Waals surface area contributed by atoms with Gasteiger partial charge in [-0.15, -0.1) is 0 Å². The first-order valence-electron chi connectivity index (χ1n) is 7.61. The highest BCUT2D eigenvalue weighted by Crippen LogP contribution is 1.99. The van der Waals surface area contributed by atoms with Crippen LogP contribution >= 0.6 is 0 Å². The van der Waals surface area contributed by atoms with Gasteiger partial charge in [0.2, 0.25) is 5.69 Å². The summed E-state index contributed by atoms with van der Waals surface area (Å²) in [5.41, 5.74) is 2.45. The van der Waals surface area contributed by atoms with Gasteiger partial charge in [0.15, 0.2) is 31.3 Å². The van der Waals surface area contributed by atoms with E-state index in [2.05, 4.69) is 52.9 Å². The van der Waals surface area contributed by atoms with Crippen LogP contribution in [-0.4, -0.2) is 9.55 Å². The second kappa shape index (κ2) is 7.31. The molecule has 23 heavy (non-hydrogen) atoms. The number of rotatable bonds is 6. The van der Waals surface area contributed by atoms with E-state index >= 15 is 0 Å². The topological polar surface area (TPSA) is 25.6 Å². The Kier molecular flexibility index (Phi) is 4.74. The highest BCUT2D eigenvalue weighted by atomic mass is 15.0. The molecule has 3 aromatic heterocycles. The predicted octanol–water partition coefficient (Wildman–Crippen LogP) is 2.43. The van der Waals surface area contributed by atoms with Gasteiger partial charge in [-0.25, -0.2) is 4.98 Å². The van der Waals surface area contributed by atoms with Crippen LogP contribution < -0.4 is 9.13 Å². The van der Waals surface area contributed by atoms with E-state index in [0.717, 1.165) is 18.7 Å². The van der Waals surface area contributed by atoms with Crippen LogP contribution in [-0.2, 0) is 13.0 Å². The summed E-state index contributed by atoms with van der Waals surface area (Å²) in [5, 5.41) is 0. The minimum atomic E-state index is 0.942. The molecule has 0 aliphatic heterocycles. The van der Waals surface area contributed by atoms with Crippen LogP contribution in [0.3, 0.4) is 0 Å². The molecule has 0 radical (unpaired) electrons. The molecule has 0 aliphatic carbocycles. The third-order valence-corrected chi connectivity index (χ3v) is 3.68. The lowest BCUT2D eigenvalue weighted by atomic mass is 10.2. The van der Waals surface area contributed by atoms with Crippen LogP contribution in [0.25, 0.3) is 18.5 Å². The Morgan fingerprint density at radius 2 is 2.00 bits per heavy atom. The molecule has 0 amide bonds. The van der Waals surface area contributed by atoms with Gasteiger partial charge < -0.3 is 4.57 Å². The molecule has 0 aliphatic rings. The van der Waals surface area contributed by atoms with E-state index in [1.807, 2.05) is 45.9 Å². The Bertz CT molecular complexity index is 787.